The van der Waals surface area contributed by atoms with Crippen molar-refractivity contribution in [2.75, 3.05) is 39.6 Å². The van der Waals surface area contributed by atoms with Gasteiger partial charge in [0.1, 0.15) is 153 Å². The third kappa shape index (κ3) is 18.8. The van der Waals surface area contributed by atoms with Crippen molar-refractivity contribution in [3.8, 4) is 11.5 Å². The van der Waals surface area contributed by atoms with Crippen LogP contribution >= 0.6 is 0 Å². The number of hydrogen-bond donors (Lipinski definition) is 16. The van der Waals surface area contributed by atoms with E-state index in [9.17, 15) is 106 Å². The number of carbonyl (C=O) groups excluding carboxylic acids is 5. The number of rotatable bonds is 26. The minimum Gasteiger partial charge on any atom is -0.508 e. The molecular formula is C65H82O37. The van der Waals surface area contributed by atoms with Gasteiger partial charge in [0, 0.05) is 26.0 Å². The number of carbonyl (C=O) groups is 5. The molecule has 16 N–H and O–H groups in total. The van der Waals surface area contributed by atoms with Gasteiger partial charge >= 0.3 is 29.8 Å². The Morgan fingerprint density at radius 1 is 0.451 bits per heavy atom. The van der Waals surface area contributed by atoms with Crippen LogP contribution in [0.25, 0.3) is 12.2 Å². The van der Waals surface area contributed by atoms with E-state index in [1.54, 1.807) is 6.07 Å². The van der Waals surface area contributed by atoms with Crippen molar-refractivity contribution < 1.29 is 181 Å². The Labute approximate surface area is 579 Å². The molecular weight excluding hydrogens is 1370 g/mol. The Kier molecular flexibility index (Phi) is 27.4. The molecule has 102 heavy (non-hydrogen) atoms. The van der Waals surface area contributed by atoms with Gasteiger partial charge < -0.3 is 157 Å². The highest BCUT2D eigenvalue weighted by atomic mass is 16.8. The first-order chi connectivity index (χ1) is 48.5. The molecule has 0 spiro atoms. The van der Waals surface area contributed by atoms with Crippen LogP contribution in [0.15, 0.2) is 91.0 Å². The summed E-state index contributed by atoms with van der Waals surface area (Å²) < 4.78 is 95.4. The van der Waals surface area contributed by atoms with Crippen LogP contribution in [0, 0.1) is 0 Å². The van der Waals surface area contributed by atoms with Crippen LogP contribution in [0.1, 0.15) is 42.3 Å². The van der Waals surface area contributed by atoms with Crippen molar-refractivity contribution in [1.82, 2.24) is 0 Å². The summed E-state index contributed by atoms with van der Waals surface area (Å²) in [4.78, 5) is 68.0. The average Bonchev–Trinajstić information content (AvgIpc) is 1.43. The first-order valence-electron chi connectivity index (χ1n) is 32.0. The number of ether oxygens (including phenoxy) is 16. The number of esters is 5. The lowest BCUT2D eigenvalue weighted by Gasteiger charge is -2.51. The number of hydrogen-bond acceptors (Lipinski definition) is 37. The van der Waals surface area contributed by atoms with E-state index in [1.165, 1.54) is 91.9 Å². The fraction of sp³-hybridized carbons (Fsp3) is 0.585. The highest BCUT2D eigenvalue weighted by Gasteiger charge is 2.65. The third-order valence-corrected chi connectivity index (χ3v) is 17.2. The van der Waals surface area contributed by atoms with Crippen molar-refractivity contribution >= 4 is 42.0 Å². The summed E-state index contributed by atoms with van der Waals surface area (Å²) in [7, 11) is 0. The molecule has 9 rings (SSSR count). The molecule has 37 nitrogen and oxygen atoms in total. The van der Waals surface area contributed by atoms with Crippen LogP contribution in [0.4, 0.5) is 0 Å². The molecule has 29 unspecified atom stereocenters. The molecule has 0 amide bonds. The number of benzene rings is 3. The summed E-state index contributed by atoms with van der Waals surface area (Å²) in [5.74, 6) is -8.94. The van der Waals surface area contributed by atoms with E-state index < -0.39 is 247 Å². The molecule has 6 fully saturated rings. The minimum atomic E-state index is -3.04. The Morgan fingerprint density at radius 3 is 1.51 bits per heavy atom. The second-order valence-corrected chi connectivity index (χ2v) is 24.5. The fourth-order valence-electron chi connectivity index (χ4n) is 11.6. The highest BCUT2D eigenvalue weighted by Crippen LogP contribution is 2.43. The van der Waals surface area contributed by atoms with Crippen LogP contribution < -0.4 is 4.74 Å². The van der Waals surface area contributed by atoms with Crippen LogP contribution in [0.2, 0.25) is 0 Å². The molecule has 6 aliphatic rings. The second-order valence-electron chi connectivity index (χ2n) is 24.5. The van der Waals surface area contributed by atoms with Gasteiger partial charge in [0.15, 0.2) is 37.4 Å². The summed E-state index contributed by atoms with van der Waals surface area (Å²) in [6.45, 7) is -3.21. The molecule has 0 radical (unpaired) electrons. The van der Waals surface area contributed by atoms with Crippen molar-refractivity contribution in [2.45, 2.75) is 198 Å². The molecule has 6 aliphatic heterocycles. The number of aliphatic hydroxyl groups excluding tert-OH is 15. The van der Waals surface area contributed by atoms with Gasteiger partial charge in [-0.3, -0.25) is 9.59 Å². The molecule has 37 heteroatoms. The van der Waals surface area contributed by atoms with Crippen molar-refractivity contribution in [3.63, 3.8) is 0 Å². The number of phenols is 1. The molecule has 3 aromatic rings. The first kappa shape index (κ1) is 79.2. The lowest BCUT2D eigenvalue weighted by molar-refractivity contribution is -0.423. The SMILES string of the molecule is CC(=O)OCC1OC(OC2C(OC(=O)C=Cc3ccc(OC4OC(C)C(O)C(O)C4O)cc3)C(COC(C)=O)OC(OC3(COC(=O)C=Cc4ccc(O)cc4)OC(CO)C(O)C3OC(=O)c3ccccc3)C2OC2OC(CO)C(O)C(O)C2O)C(O)C(OC2OC(CO)C(O)C(O)C2O)C1O. The largest absolute Gasteiger partial charge is 0.508 e. The van der Waals surface area contributed by atoms with Gasteiger partial charge in [0.2, 0.25) is 12.1 Å². The van der Waals surface area contributed by atoms with Gasteiger partial charge in [-0.2, -0.15) is 0 Å². The molecule has 29 atom stereocenters. The average molecular weight is 1460 g/mol. The molecule has 0 saturated carbocycles. The van der Waals surface area contributed by atoms with Crippen LogP contribution in [-0.4, -0.2) is 329 Å². The van der Waals surface area contributed by atoms with E-state index in [1.807, 2.05) is 0 Å². The third-order valence-electron chi connectivity index (χ3n) is 17.2. The molecule has 3 aromatic carbocycles. The van der Waals surface area contributed by atoms with Crippen molar-refractivity contribution in [3.05, 3.63) is 108 Å². The molecule has 0 bridgehead atoms. The number of aliphatic hydroxyl groups is 15. The molecule has 6 saturated heterocycles. The summed E-state index contributed by atoms with van der Waals surface area (Å²) in [6, 6.07) is 17.9. The topological polar surface area (TPSA) is 557 Å². The molecule has 564 valence electrons. The predicted molar refractivity (Wildman–Crippen MR) is 329 cm³/mol. The first-order valence-corrected chi connectivity index (χ1v) is 32.0. The quantitative estimate of drug-likeness (QED) is 0.0202. The predicted octanol–water partition coefficient (Wildman–Crippen LogP) is -6.48. The van der Waals surface area contributed by atoms with Gasteiger partial charge in [-0.1, -0.05) is 42.5 Å². The Morgan fingerprint density at radius 2 is 0.941 bits per heavy atom. The van der Waals surface area contributed by atoms with E-state index >= 15 is 0 Å². The van der Waals surface area contributed by atoms with Crippen LogP contribution in [-0.2, 0) is 90.2 Å². The van der Waals surface area contributed by atoms with E-state index in [0.29, 0.717) is 5.56 Å². The smallest absolute Gasteiger partial charge is 0.338 e. The monoisotopic (exact) mass is 1450 g/mol. The van der Waals surface area contributed by atoms with E-state index in [0.717, 1.165) is 26.0 Å². The van der Waals surface area contributed by atoms with E-state index in [4.69, 9.17) is 75.8 Å². The lowest BCUT2D eigenvalue weighted by atomic mass is 9.95. The zero-order valence-electron chi connectivity index (χ0n) is 54.5. The summed E-state index contributed by atoms with van der Waals surface area (Å²) in [5.41, 5.74) is 0.398. The highest BCUT2D eigenvalue weighted by molar-refractivity contribution is 5.90. The minimum absolute atomic E-state index is 0.0625. The van der Waals surface area contributed by atoms with Crippen LogP contribution in [0.5, 0.6) is 11.5 Å². The Bertz CT molecular complexity index is 3290. The number of phenolic OH excluding ortho intramolecular Hbond substituents is 1. The fourth-order valence-corrected chi connectivity index (χ4v) is 11.6. The number of aromatic hydroxyl groups is 1. The van der Waals surface area contributed by atoms with Gasteiger partial charge in [-0.05, 0) is 66.6 Å². The van der Waals surface area contributed by atoms with Gasteiger partial charge in [0.25, 0.3) is 0 Å². The zero-order chi connectivity index (χ0) is 74.0. The Balaban J connectivity index is 1.18. The van der Waals surface area contributed by atoms with E-state index in [-0.39, 0.29) is 22.6 Å². The van der Waals surface area contributed by atoms with Crippen LogP contribution in [0.3, 0.4) is 0 Å². The maximum Gasteiger partial charge on any atom is 0.338 e. The lowest BCUT2D eigenvalue weighted by Crippen LogP contribution is -2.69. The normalized spacial score (nSPS) is 38.6. The Hall–Kier alpha value is -6.91. The van der Waals surface area contributed by atoms with Gasteiger partial charge in [0.05, 0.1) is 31.5 Å². The van der Waals surface area contributed by atoms with Gasteiger partial charge in [-0.25, -0.2) is 14.4 Å². The molecule has 0 aliphatic carbocycles. The van der Waals surface area contributed by atoms with Crippen molar-refractivity contribution in [2.24, 2.45) is 0 Å². The van der Waals surface area contributed by atoms with E-state index in [2.05, 4.69) is 0 Å². The summed E-state index contributed by atoms with van der Waals surface area (Å²) in [5, 5.41) is 175. The summed E-state index contributed by atoms with van der Waals surface area (Å²) in [6.07, 6.45) is -53.6. The maximum atomic E-state index is 14.6. The second kappa shape index (κ2) is 35.2. The maximum absolute atomic E-state index is 14.6. The van der Waals surface area contributed by atoms with Gasteiger partial charge in [-0.15, -0.1) is 0 Å². The zero-order valence-corrected chi connectivity index (χ0v) is 54.5. The standard InChI is InChI=1S/C65H82O37/c1-27-42(74)47(79)50(82)60(90-27)91-34-17-11-31(12-18-34)14-20-41(73)96-54-39(25-88-29(3)70)95-64(102-65(26-89-40(72)19-13-30-9-15-33(71)16-10-30)58(46(78)37(23-68)101-65)100-59(86)32-7-5-4-6-8-32)57(99-62-52(84)49(81)44(76)36(22-67)93-62)56(54)98-63-53(85)55(45(77)38(94-63)24-87-28(2)69)97-61-51(83)48(80)43(75)35(21-66)92-61/h4-20,27,35-39,42-58,60-64,66-68,71,74-85H,21-26H2,1-3H3. The van der Waals surface area contributed by atoms with Crippen molar-refractivity contribution in [1.29, 1.82) is 0 Å². The molecule has 0 aromatic heterocycles. The summed E-state index contributed by atoms with van der Waals surface area (Å²) >= 11 is 0. The molecule has 6 heterocycles.